The van der Waals surface area contributed by atoms with E-state index in [9.17, 15) is 14.0 Å². The van der Waals surface area contributed by atoms with Crippen molar-refractivity contribution in [2.24, 2.45) is 0 Å². The molecule has 166 valence electrons. The van der Waals surface area contributed by atoms with E-state index in [0.29, 0.717) is 24.3 Å². The summed E-state index contributed by atoms with van der Waals surface area (Å²) < 4.78 is 15.1. The molecule has 1 heterocycles. The monoisotopic (exact) mass is 434 g/mol. The van der Waals surface area contributed by atoms with Crippen LogP contribution in [0.4, 0.5) is 10.1 Å². The van der Waals surface area contributed by atoms with E-state index in [1.807, 2.05) is 31.2 Å². The van der Waals surface area contributed by atoms with E-state index in [-0.39, 0.29) is 17.6 Å². The molecule has 0 saturated carbocycles. The lowest BCUT2D eigenvalue weighted by Crippen LogP contribution is -2.24. The average molecular weight is 435 g/mol. The van der Waals surface area contributed by atoms with E-state index in [1.165, 1.54) is 12.1 Å². The minimum Gasteiger partial charge on any atom is -0.347 e. The molecule has 0 atom stereocenters. The number of carbonyl (C=O) groups excluding carboxylic acids is 2. The lowest BCUT2D eigenvalue weighted by atomic mass is 9.95. The molecule has 2 amide bonds. The first-order chi connectivity index (χ1) is 15.5. The van der Waals surface area contributed by atoms with Crippen LogP contribution in [0.1, 0.15) is 59.9 Å². The summed E-state index contributed by atoms with van der Waals surface area (Å²) in [4.78, 5) is 24.9. The fraction of sp³-hybridized carbons (Fsp3) is 0.320. The molecule has 0 fully saturated rings. The summed E-state index contributed by atoms with van der Waals surface area (Å²) in [6.07, 6.45) is 4.96. The van der Waals surface area contributed by atoms with Gasteiger partial charge >= 0.3 is 0 Å². The van der Waals surface area contributed by atoms with Crippen LogP contribution in [0.25, 0.3) is 5.69 Å². The molecule has 6 nitrogen and oxygen atoms in total. The van der Waals surface area contributed by atoms with Gasteiger partial charge in [-0.1, -0.05) is 19.1 Å². The van der Waals surface area contributed by atoms with Gasteiger partial charge in [0, 0.05) is 29.9 Å². The Morgan fingerprint density at radius 3 is 2.66 bits per heavy atom. The van der Waals surface area contributed by atoms with Gasteiger partial charge < -0.3 is 10.6 Å². The Bertz CT molecular complexity index is 1120. The molecule has 0 unspecified atom stereocenters. The fourth-order valence-corrected chi connectivity index (χ4v) is 4.05. The summed E-state index contributed by atoms with van der Waals surface area (Å²) >= 11 is 0. The summed E-state index contributed by atoms with van der Waals surface area (Å²) in [6.45, 7) is 2.29. The van der Waals surface area contributed by atoms with E-state index in [1.54, 1.807) is 16.8 Å². The average Bonchev–Trinajstić information content (AvgIpc) is 3.18. The van der Waals surface area contributed by atoms with Crippen LogP contribution in [0, 0.1) is 5.82 Å². The minimum absolute atomic E-state index is 0.0216. The number of carbonyl (C=O) groups is 2. The van der Waals surface area contributed by atoms with E-state index < -0.39 is 0 Å². The number of amides is 2. The number of anilines is 1. The summed E-state index contributed by atoms with van der Waals surface area (Å²) in [6, 6.07) is 13.6. The molecule has 0 radical (unpaired) electrons. The summed E-state index contributed by atoms with van der Waals surface area (Å²) in [7, 11) is 0. The summed E-state index contributed by atoms with van der Waals surface area (Å²) in [5, 5.41) is 10.4. The van der Waals surface area contributed by atoms with Gasteiger partial charge in [0.15, 0.2) is 5.69 Å². The van der Waals surface area contributed by atoms with Gasteiger partial charge in [-0.15, -0.1) is 0 Å². The van der Waals surface area contributed by atoms with Crippen LogP contribution in [-0.4, -0.2) is 21.6 Å². The van der Waals surface area contributed by atoms with E-state index in [4.69, 9.17) is 0 Å². The Labute approximate surface area is 186 Å². The highest BCUT2D eigenvalue weighted by Crippen LogP contribution is 2.27. The molecule has 0 spiro atoms. The second kappa shape index (κ2) is 9.77. The van der Waals surface area contributed by atoms with Crippen LogP contribution in [0.3, 0.4) is 0 Å². The maximum absolute atomic E-state index is 13.4. The van der Waals surface area contributed by atoms with Gasteiger partial charge in [-0.25, -0.2) is 9.07 Å². The van der Waals surface area contributed by atoms with Crippen LogP contribution in [-0.2, 0) is 24.2 Å². The number of halogens is 1. The topological polar surface area (TPSA) is 76.0 Å². The largest absolute Gasteiger partial charge is 0.347 e. The smallest absolute Gasteiger partial charge is 0.272 e. The maximum atomic E-state index is 13.4. The lowest BCUT2D eigenvalue weighted by Gasteiger charge is -2.14. The Balaban J connectivity index is 1.50. The van der Waals surface area contributed by atoms with Gasteiger partial charge in [-0.05, 0) is 74.1 Å². The minimum atomic E-state index is -0.305. The first-order valence-electron chi connectivity index (χ1n) is 11.1. The number of hydrogen-bond acceptors (Lipinski definition) is 3. The first kappa shape index (κ1) is 21.7. The highest BCUT2D eigenvalue weighted by Gasteiger charge is 2.25. The Kier molecular flexibility index (Phi) is 6.63. The zero-order valence-electron chi connectivity index (χ0n) is 18.2. The van der Waals surface area contributed by atoms with Crippen molar-refractivity contribution < 1.29 is 14.0 Å². The number of nitrogens with one attached hydrogen (secondary N) is 2. The van der Waals surface area contributed by atoms with Gasteiger partial charge in [0.2, 0.25) is 5.91 Å². The van der Waals surface area contributed by atoms with Crippen LogP contribution >= 0.6 is 0 Å². The van der Waals surface area contributed by atoms with Crippen LogP contribution in [0.2, 0.25) is 0 Å². The van der Waals surface area contributed by atoms with Gasteiger partial charge in [-0.3, -0.25) is 9.59 Å². The molecule has 0 bridgehead atoms. The zero-order chi connectivity index (χ0) is 22.5. The molecule has 2 aromatic carbocycles. The molecule has 0 saturated heterocycles. The van der Waals surface area contributed by atoms with Gasteiger partial charge in [0.05, 0.1) is 5.69 Å². The molecule has 1 aliphatic rings. The van der Waals surface area contributed by atoms with E-state index in [0.717, 1.165) is 54.6 Å². The predicted octanol–water partition coefficient (Wildman–Crippen LogP) is 4.56. The number of benzene rings is 2. The second-order valence-electron chi connectivity index (χ2n) is 8.05. The quantitative estimate of drug-likeness (QED) is 0.572. The summed E-state index contributed by atoms with van der Waals surface area (Å²) in [5.41, 5.74) is 4.77. The zero-order valence-corrected chi connectivity index (χ0v) is 18.2. The number of rotatable bonds is 7. The molecule has 1 aromatic heterocycles. The number of fused-ring (bicyclic) bond motifs is 1. The van der Waals surface area contributed by atoms with Crippen molar-refractivity contribution in [1.29, 1.82) is 0 Å². The molecule has 32 heavy (non-hydrogen) atoms. The van der Waals surface area contributed by atoms with Crippen molar-refractivity contribution >= 4 is 17.5 Å². The molecular weight excluding hydrogens is 407 g/mol. The molecule has 7 heteroatoms. The first-order valence-corrected chi connectivity index (χ1v) is 11.1. The van der Waals surface area contributed by atoms with Crippen molar-refractivity contribution in [3.8, 4) is 5.69 Å². The molecule has 2 N–H and O–H groups in total. The molecule has 0 aliphatic heterocycles. The SMILES string of the molecule is CCCC(=O)Nc1cccc(CNC(=O)c2nn(-c3ccc(F)cc3)c3c2CCCC3)c1. The van der Waals surface area contributed by atoms with Crippen LogP contribution in [0.5, 0.6) is 0 Å². The highest BCUT2D eigenvalue weighted by molar-refractivity contribution is 5.94. The van der Waals surface area contributed by atoms with Crippen molar-refractivity contribution in [1.82, 2.24) is 15.1 Å². The Morgan fingerprint density at radius 1 is 1.09 bits per heavy atom. The van der Waals surface area contributed by atoms with Crippen molar-refractivity contribution in [2.75, 3.05) is 5.32 Å². The molecular formula is C25H27FN4O2. The fourth-order valence-electron chi connectivity index (χ4n) is 4.05. The van der Waals surface area contributed by atoms with Crippen LogP contribution in [0.15, 0.2) is 48.5 Å². The highest BCUT2D eigenvalue weighted by atomic mass is 19.1. The number of hydrogen-bond donors (Lipinski definition) is 2. The third-order valence-corrected chi connectivity index (χ3v) is 5.61. The van der Waals surface area contributed by atoms with E-state index in [2.05, 4.69) is 15.7 Å². The molecule has 3 aromatic rings. The van der Waals surface area contributed by atoms with Gasteiger partial charge in [-0.2, -0.15) is 5.10 Å². The van der Waals surface area contributed by atoms with Crippen molar-refractivity contribution in [3.63, 3.8) is 0 Å². The molecule has 4 rings (SSSR count). The lowest BCUT2D eigenvalue weighted by molar-refractivity contribution is -0.116. The van der Waals surface area contributed by atoms with Crippen LogP contribution < -0.4 is 10.6 Å². The summed E-state index contributed by atoms with van der Waals surface area (Å²) in [5.74, 6) is -0.558. The number of nitrogens with zero attached hydrogens (tertiary/aromatic N) is 2. The number of aromatic nitrogens is 2. The Hall–Kier alpha value is -3.48. The second-order valence-corrected chi connectivity index (χ2v) is 8.05. The normalized spacial score (nSPS) is 12.8. The Morgan fingerprint density at radius 2 is 1.88 bits per heavy atom. The van der Waals surface area contributed by atoms with Gasteiger partial charge in [0.25, 0.3) is 5.91 Å². The molecule has 1 aliphatic carbocycles. The van der Waals surface area contributed by atoms with E-state index >= 15 is 0 Å². The standard InChI is InChI=1S/C25H27FN4O2/c1-2-6-23(31)28-19-8-5-7-17(15-19)16-27-25(32)24-21-9-3-4-10-22(21)30(29-24)20-13-11-18(26)12-14-20/h5,7-8,11-15H,2-4,6,9-10,16H2,1H3,(H,27,32)(H,28,31). The third kappa shape index (κ3) is 4.88. The third-order valence-electron chi connectivity index (χ3n) is 5.61. The van der Waals surface area contributed by atoms with Crippen molar-refractivity contribution in [2.45, 2.75) is 52.0 Å². The van der Waals surface area contributed by atoms with Gasteiger partial charge in [0.1, 0.15) is 5.82 Å². The maximum Gasteiger partial charge on any atom is 0.272 e. The predicted molar refractivity (Wildman–Crippen MR) is 121 cm³/mol. The van der Waals surface area contributed by atoms with Crippen molar-refractivity contribution in [3.05, 3.63) is 76.9 Å².